The summed E-state index contributed by atoms with van der Waals surface area (Å²) in [6.07, 6.45) is 11.0. The maximum absolute atomic E-state index is 13.0. The molecule has 2 aromatic rings. The van der Waals surface area contributed by atoms with Crippen molar-refractivity contribution in [1.82, 2.24) is 24.8 Å². The van der Waals surface area contributed by atoms with Crippen molar-refractivity contribution in [3.05, 3.63) is 57.5 Å². The Labute approximate surface area is 189 Å². The molecule has 4 heterocycles. The van der Waals surface area contributed by atoms with Crippen LogP contribution in [0.4, 0.5) is 0 Å². The highest BCUT2D eigenvalue weighted by molar-refractivity contribution is 5.94. The van der Waals surface area contributed by atoms with Crippen LogP contribution in [0.5, 0.6) is 0 Å². The normalized spacial score (nSPS) is 26.5. The van der Waals surface area contributed by atoms with Gasteiger partial charge in [-0.1, -0.05) is 6.92 Å². The first-order valence-electron chi connectivity index (χ1n) is 12.1. The molecule has 1 saturated carbocycles. The van der Waals surface area contributed by atoms with Gasteiger partial charge in [0.05, 0.1) is 11.3 Å². The Balaban J connectivity index is 1.30. The van der Waals surface area contributed by atoms with Crippen LogP contribution in [0.2, 0.25) is 0 Å². The number of fused-ring (bicyclic) bond motifs is 1. The highest BCUT2D eigenvalue weighted by Crippen LogP contribution is 2.30. The molecule has 2 aromatic heterocycles. The molecule has 1 amide bonds. The summed E-state index contributed by atoms with van der Waals surface area (Å²) >= 11 is 0. The zero-order valence-electron chi connectivity index (χ0n) is 18.9. The molecule has 0 bridgehead atoms. The highest BCUT2D eigenvalue weighted by atomic mass is 16.2. The second-order valence-electron chi connectivity index (χ2n) is 9.84. The summed E-state index contributed by atoms with van der Waals surface area (Å²) in [5.41, 5.74) is 2.47. The lowest BCUT2D eigenvalue weighted by Gasteiger charge is -2.38. The standard InChI is InChI=1S/C25H33N5O2/c1-17-4-6-20(7-5-17)29-14-10-22-21(16-29)24(31)28-23(27-22)19-3-2-13-30(15-19)25(32)18-8-11-26-12-9-18/h8-9,11-12,17,19-20H,2-7,10,13-16H2,1H3,(H,27,28,31). The van der Waals surface area contributed by atoms with Crippen LogP contribution in [0.1, 0.15) is 78.8 Å². The van der Waals surface area contributed by atoms with Gasteiger partial charge in [0.1, 0.15) is 5.82 Å². The summed E-state index contributed by atoms with van der Waals surface area (Å²) in [6.45, 7) is 5.37. The Hall–Kier alpha value is -2.54. The van der Waals surface area contributed by atoms with Crippen molar-refractivity contribution in [1.29, 1.82) is 0 Å². The smallest absolute Gasteiger partial charge is 0.255 e. The minimum absolute atomic E-state index is 0.0106. The van der Waals surface area contributed by atoms with E-state index in [0.29, 0.717) is 24.7 Å². The molecule has 1 aliphatic carbocycles. The number of pyridine rings is 1. The summed E-state index contributed by atoms with van der Waals surface area (Å²) < 4.78 is 0. The number of nitrogens with zero attached hydrogens (tertiary/aromatic N) is 4. The van der Waals surface area contributed by atoms with Gasteiger partial charge in [-0.15, -0.1) is 0 Å². The van der Waals surface area contributed by atoms with Crippen LogP contribution in [-0.4, -0.2) is 56.3 Å². The lowest BCUT2D eigenvalue weighted by molar-refractivity contribution is 0.0704. The number of carbonyl (C=O) groups is 1. The van der Waals surface area contributed by atoms with E-state index in [9.17, 15) is 9.59 Å². The number of likely N-dealkylation sites (tertiary alicyclic amines) is 1. The predicted molar refractivity (Wildman–Crippen MR) is 123 cm³/mol. The Morgan fingerprint density at radius 2 is 1.88 bits per heavy atom. The first kappa shape index (κ1) is 21.3. The third-order valence-corrected chi connectivity index (χ3v) is 7.64. The van der Waals surface area contributed by atoms with Crippen LogP contribution >= 0.6 is 0 Å². The molecule has 0 radical (unpaired) electrons. The van der Waals surface area contributed by atoms with Crippen LogP contribution in [-0.2, 0) is 13.0 Å². The van der Waals surface area contributed by atoms with E-state index in [-0.39, 0.29) is 17.4 Å². The van der Waals surface area contributed by atoms with E-state index < -0.39 is 0 Å². The average molecular weight is 436 g/mol. The molecular weight excluding hydrogens is 402 g/mol. The minimum Gasteiger partial charge on any atom is -0.338 e. The molecule has 1 saturated heterocycles. The zero-order valence-corrected chi connectivity index (χ0v) is 18.9. The van der Waals surface area contributed by atoms with Gasteiger partial charge in [0.25, 0.3) is 11.5 Å². The molecule has 0 spiro atoms. The largest absolute Gasteiger partial charge is 0.338 e. The fraction of sp³-hybridized carbons (Fsp3) is 0.600. The van der Waals surface area contributed by atoms with E-state index in [0.717, 1.165) is 55.4 Å². The monoisotopic (exact) mass is 435 g/mol. The third-order valence-electron chi connectivity index (χ3n) is 7.64. The third kappa shape index (κ3) is 4.35. The molecule has 1 unspecified atom stereocenters. The Kier molecular flexibility index (Phi) is 6.09. The van der Waals surface area contributed by atoms with Gasteiger partial charge in [-0.3, -0.25) is 19.5 Å². The summed E-state index contributed by atoms with van der Waals surface area (Å²) in [7, 11) is 0. The topological polar surface area (TPSA) is 82.2 Å². The Morgan fingerprint density at radius 1 is 1.09 bits per heavy atom. The number of amides is 1. The highest BCUT2D eigenvalue weighted by Gasteiger charge is 2.31. The van der Waals surface area contributed by atoms with Crippen molar-refractivity contribution in [2.24, 2.45) is 5.92 Å². The zero-order chi connectivity index (χ0) is 22.1. The number of aromatic nitrogens is 3. The van der Waals surface area contributed by atoms with Gasteiger partial charge in [0.15, 0.2) is 0 Å². The molecule has 32 heavy (non-hydrogen) atoms. The van der Waals surface area contributed by atoms with Crippen LogP contribution in [0.3, 0.4) is 0 Å². The summed E-state index contributed by atoms with van der Waals surface area (Å²) in [5.74, 6) is 1.68. The number of rotatable bonds is 3. The first-order valence-corrected chi connectivity index (χ1v) is 12.1. The number of carbonyl (C=O) groups excluding carboxylic acids is 1. The number of hydrogen-bond donors (Lipinski definition) is 1. The molecule has 3 aliphatic rings. The van der Waals surface area contributed by atoms with E-state index in [1.807, 2.05) is 4.90 Å². The van der Waals surface area contributed by atoms with Crippen LogP contribution in [0, 0.1) is 5.92 Å². The lowest BCUT2D eigenvalue weighted by atomic mass is 9.86. The molecule has 7 heteroatoms. The van der Waals surface area contributed by atoms with Gasteiger partial charge in [0.2, 0.25) is 0 Å². The fourth-order valence-corrected chi connectivity index (χ4v) is 5.64. The summed E-state index contributed by atoms with van der Waals surface area (Å²) in [5, 5.41) is 0. The number of piperidine rings is 1. The molecule has 0 aromatic carbocycles. The van der Waals surface area contributed by atoms with E-state index >= 15 is 0 Å². The fourth-order valence-electron chi connectivity index (χ4n) is 5.64. The van der Waals surface area contributed by atoms with Crippen LogP contribution in [0.25, 0.3) is 0 Å². The maximum atomic E-state index is 13.0. The molecule has 7 nitrogen and oxygen atoms in total. The first-order chi connectivity index (χ1) is 15.6. The van der Waals surface area contributed by atoms with Gasteiger partial charge >= 0.3 is 0 Å². The van der Waals surface area contributed by atoms with Crippen molar-refractivity contribution in [3.63, 3.8) is 0 Å². The Morgan fingerprint density at radius 3 is 2.66 bits per heavy atom. The SMILES string of the molecule is CC1CCC(N2CCc3nc(C4CCCN(C(=O)c5ccncc5)C4)[nH]c(=O)c3C2)CC1. The van der Waals surface area contributed by atoms with Gasteiger partial charge in [0, 0.05) is 62.5 Å². The lowest BCUT2D eigenvalue weighted by Crippen LogP contribution is -2.44. The van der Waals surface area contributed by atoms with Crippen molar-refractivity contribution in [3.8, 4) is 0 Å². The van der Waals surface area contributed by atoms with E-state index in [2.05, 4.69) is 21.8 Å². The predicted octanol–water partition coefficient (Wildman–Crippen LogP) is 3.12. The van der Waals surface area contributed by atoms with Gasteiger partial charge < -0.3 is 9.88 Å². The molecule has 170 valence electrons. The Bertz CT molecular complexity index is 1010. The van der Waals surface area contributed by atoms with Crippen LogP contribution < -0.4 is 5.56 Å². The molecule has 1 atom stereocenters. The van der Waals surface area contributed by atoms with Gasteiger partial charge in [-0.2, -0.15) is 0 Å². The molecule has 2 fully saturated rings. The number of H-pyrrole nitrogens is 1. The van der Waals surface area contributed by atoms with Crippen molar-refractivity contribution >= 4 is 5.91 Å². The van der Waals surface area contributed by atoms with Gasteiger partial charge in [-0.25, -0.2) is 4.98 Å². The minimum atomic E-state index is 0.0106. The quantitative estimate of drug-likeness (QED) is 0.801. The second-order valence-corrected chi connectivity index (χ2v) is 9.84. The number of aromatic amines is 1. The summed E-state index contributed by atoms with van der Waals surface area (Å²) in [4.78, 5) is 42.3. The average Bonchev–Trinajstić information content (AvgIpc) is 2.84. The van der Waals surface area contributed by atoms with Crippen molar-refractivity contribution < 1.29 is 4.79 Å². The van der Waals surface area contributed by atoms with Crippen molar-refractivity contribution in [2.75, 3.05) is 19.6 Å². The number of hydrogen-bond acceptors (Lipinski definition) is 5. The van der Waals surface area contributed by atoms with Crippen molar-refractivity contribution in [2.45, 2.75) is 70.4 Å². The summed E-state index contributed by atoms with van der Waals surface area (Å²) in [6, 6.07) is 4.11. The second kappa shape index (κ2) is 9.14. The molecule has 1 N–H and O–H groups in total. The van der Waals surface area contributed by atoms with E-state index in [4.69, 9.17) is 4.98 Å². The van der Waals surface area contributed by atoms with E-state index in [1.54, 1.807) is 24.5 Å². The number of nitrogens with one attached hydrogen (secondary N) is 1. The van der Waals surface area contributed by atoms with Gasteiger partial charge in [-0.05, 0) is 56.6 Å². The molecule has 2 aliphatic heterocycles. The van der Waals surface area contributed by atoms with Crippen LogP contribution in [0.15, 0.2) is 29.3 Å². The molecule has 5 rings (SSSR count). The molecular formula is C25H33N5O2. The van der Waals surface area contributed by atoms with E-state index in [1.165, 1.54) is 25.7 Å². The maximum Gasteiger partial charge on any atom is 0.255 e.